The van der Waals surface area contributed by atoms with E-state index in [1.165, 1.54) is 4.90 Å². The van der Waals surface area contributed by atoms with Crippen LogP contribution in [0.5, 0.6) is 5.75 Å². The Labute approximate surface area is 224 Å². The number of esters is 1. The van der Waals surface area contributed by atoms with Crippen LogP contribution in [0.4, 0.5) is 4.79 Å². The van der Waals surface area contributed by atoms with E-state index in [2.05, 4.69) is 10.2 Å². The first-order valence-corrected chi connectivity index (χ1v) is 12.9. The molecule has 1 fully saturated rings. The minimum Gasteiger partial charge on any atom is -0.497 e. The average molecular weight is 521 g/mol. The smallest absolute Gasteiger partial charge is 0.338 e. The number of hydrogen-bond donors (Lipinski definition) is 1. The Morgan fingerprint density at radius 1 is 1.03 bits per heavy atom. The van der Waals surface area contributed by atoms with Gasteiger partial charge in [-0.15, -0.1) is 0 Å². The summed E-state index contributed by atoms with van der Waals surface area (Å²) in [5.74, 6) is 0.244. The van der Waals surface area contributed by atoms with Crippen molar-refractivity contribution in [1.29, 1.82) is 0 Å². The van der Waals surface area contributed by atoms with E-state index in [9.17, 15) is 14.4 Å². The van der Waals surface area contributed by atoms with E-state index in [1.54, 1.807) is 45.3 Å². The molecule has 9 nitrogen and oxygen atoms in total. The monoisotopic (exact) mass is 520 g/mol. The highest BCUT2D eigenvalue weighted by atomic mass is 16.5. The number of aryl methyl sites for hydroxylation is 2. The van der Waals surface area contributed by atoms with Crippen LogP contribution in [0.15, 0.2) is 53.7 Å². The van der Waals surface area contributed by atoms with Crippen LogP contribution in [0.2, 0.25) is 0 Å². The molecular weight excluding hydrogens is 484 g/mol. The molecule has 2 aliphatic rings. The summed E-state index contributed by atoms with van der Waals surface area (Å²) in [4.78, 5) is 44.8. The lowest BCUT2D eigenvalue weighted by atomic mass is 9.90. The molecule has 1 saturated heterocycles. The summed E-state index contributed by atoms with van der Waals surface area (Å²) in [7, 11) is 3.27. The number of nitrogens with zero attached hydrogens (tertiary/aromatic N) is 3. The second-order valence-electron chi connectivity index (χ2n) is 9.68. The van der Waals surface area contributed by atoms with Crippen LogP contribution < -0.4 is 10.1 Å². The van der Waals surface area contributed by atoms with Gasteiger partial charge in [-0.1, -0.05) is 23.8 Å². The van der Waals surface area contributed by atoms with Crippen LogP contribution >= 0.6 is 0 Å². The van der Waals surface area contributed by atoms with Crippen LogP contribution in [0.1, 0.15) is 40.0 Å². The molecule has 4 rings (SSSR count). The zero-order chi connectivity index (χ0) is 27.4. The molecule has 2 heterocycles. The molecule has 0 bridgehead atoms. The molecule has 2 aromatic rings. The number of carbonyl (C=O) groups is 3. The fourth-order valence-corrected chi connectivity index (χ4v) is 4.94. The summed E-state index contributed by atoms with van der Waals surface area (Å²) < 4.78 is 10.6. The fourth-order valence-electron chi connectivity index (χ4n) is 4.94. The molecule has 3 amide bonds. The highest BCUT2D eigenvalue weighted by Crippen LogP contribution is 2.33. The molecule has 9 heteroatoms. The zero-order valence-corrected chi connectivity index (χ0v) is 22.7. The second kappa shape index (κ2) is 11.7. The Hall–Kier alpha value is -3.85. The molecule has 1 atom stereocenters. The van der Waals surface area contributed by atoms with Gasteiger partial charge in [-0.05, 0) is 56.2 Å². The van der Waals surface area contributed by atoms with Crippen molar-refractivity contribution in [1.82, 2.24) is 20.0 Å². The quantitative estimate of drug-likeness (QED) is 0.564. The number of hydrogen-bond acceptors (Lipinski definition) is 6. The van der Waals surface area contributed by atoms with Crippen molar-refractivity contribution >= 4 is 17.9 Å². The second-order valence-corrected chi connectivity index (χ2v) is 9.68. The summed E-state index contributed by atoms with van der Waals surface area (Å²) in [6, 6.07) is 12.2. The summed E-state index contributed by atoms with van der Waals surface area (Å²) in [5, 5.41) is 3.00. The highest BCUT2D eigenvalue weighted by Gasteiger charge is 2.38. The number of ether oxygens (including phenoxy) is 2. The Kier molecular flexibility index (Phi) is 8.36. The summed E-state index contributed by atoms with van der Waals surface area (Å²) in [6.07, 6.45) is 0. The number of methoxy groups -OCH3 is 1. The van der Waals surface area contributed by atoms with E-state index in [1.807, 2.05) is 36.9 Å². The molecule has 1 N–H and O–H groups in total. The van der Waals surface area contributed by atoms with Gasteiger partial charge in [-0.3, -0.25) is 14.6 Å². The van der Waals surface area contributed by atoms with Crippen molar-refractivity contribution in [2.75, 3.05) is 53.5 Å². The Balaban J connectivity index is 1.57. The minimum absolute atomic E-state index is 0.0251. The van der Waals surface area contributed by atoms with Gasteiger partial charge < -0.3 is 19.7 Å². The van der Waals surface area contributed by atoms with E-state index < -0.39 is 12.0 Å². The first-order valence-electron chi connectivity index (χ1n) is 12.9. The van der Waals surface area contributed by atoms with E-state index in [0.29, 0.717) is 55.3 Å². The maximum Gasteiger partial charge on any atom is 0.338 e. The number of nitrogens with one attached hydrogen (secondary N) is 1. The molecular formula is C29H36N4O5. The molecule has 2 aromatic carbocycles. The lowest BCUT2D eigenvalue weighted by Crippen LogP contribution is -2.53. The number of piperazine rings is 1. The number of carbonyl (C=O) groups excluding carboxylic acids is 3. The SMILES string of the molecule is CCOC(=O)C1=C(CN2CCN(C(=O)c3ccc(OC)cc3)CC2)N(C)C(=O)N[C@H]1c1cc(C)ccc1C. The normalized spacial score (nSPS) is 18.3. The van der Waals surface area contributed by atoms with Gasteiger partial charge in [0.25, 0.3) is 5.91 Å². The molecule has 38 heavy (non-hydrogen) atoms. The van der Waals surface area contributed by atoms with E-state index in [0.717, 1.165) is 16.7 Å². The zero-order valence-electron chi connectivity index (χ0n) is 22.7. The van der Waals surface area contributed by atoms with Crippen LogP contribution in [0.25, 0.3) is 0 Å². The maximum absolute atomic E-state index is 13.3. The number of likely N-dealkylation sites (N-methyl/N-ethyl adjacent to an activating group) is 1. The van der Waals surface area contributed by atoms with Crippen molar-refractivity contribution in [2.24, 2.45) is 0 Å². The van der Waals surface area contributed by atoms with Gasteiger partial charge in [-0.2, -0.15) is 0 Å². The lowest BCUT2D eigenvalue weighted by molar-refractivity contribution is -0.139. The van der Waals surface area contributed by atoms with Crippen molar-refractivity contribution in [2.45, 2.75) is 26.8 Å². The van der Waals surface area contributed by atoms with Crippen molar-refractivity contribution < 1.29 is 23.9 Å². The topological polar surface area (TPSA) is 91.4 Å². The molecule has 202 valence electrons. The number of benzene rings is 2. The standard InChI is InChI=1S/C29H36N4O5/c1-6-38-28(35)25-24(31(4)29(36)30-26(25)23-17-19(2)7-8-20(23)3)18-32-13-15-33(16-14-32)27(34)21-9-11-22(37-5)12-10-21/h7-12,17,26H,6,13-16,18H2,1-5H3,(H,30,36)/t26-/m0/s1. The van der Waals surface area contributed by atoms with Gasteiger partial charge in [0, 0.05) is 51.0 Å². The van der Waals surface area contributed by atoms with Crippen molar-refractivity contribution in [3.8, 4) is 5.75 Å². The first-order chi connectivity index (χ1) is 18.2. The summed E-state index contributed by atoms with van der Waals surface area (Å²) >= 11 is 0. The largest absolute Gasteiger partial charge is 0.497 e. The van der Waals surface area contributed by atoms with Gasteiger partial charge in [0.05, 0.1) is 25.3 Å². The number of urea groups is 1. The molecule has 0 aromatic heterocycles. The third-order valence-electron chi connectivity index (χ3n) is 7.19. The molecule has 2 aliphatic heterocycles. The van der Waals surface area contributed by atoms with Crippen LogP contribution in [0, 0.1) is 13.8 Å². The van der Waals surface area contributed by atoms with Crippen molar-refractivity contribution in [3.05, 3.63) is 76.0 Å². The van der Waals surface area contributed by atoms with Gasteiger partial charge in [-0.25, -0.2) is 9.59 Å². The average Bonchev–Trinajstić information content (AvgIpc) is 2.92. The number of amides is 3. The first kappa shape index (κ1) is 27.2. The van der Waals surface area contributed by atoms with Gasteiger partial charge in [0.15, 0.2) is 0 Å². The maximum atomic E-state index is 13.3. The summed E-state index contributed by atoms with van der Waals surface area (Å²) in [6.45, 7) is 8.68. The molecule has 0 unspecified atom stereocenters. The molecule has 0 radical (unpaired) electrons. The molecule has 0 aliphatic carbocycles. The van der Waals surface area contributed by atoms with Gasteiger partial charge >= 0.3 is 12.0 Å². The summed E-state index contributed by atoms with van der Waals surface area (Å²) in [5.41, 5.74) is 4.58. The predicted octanol–water partition coefficient (Wildman–Crippen LogP) is 3.28. The van der Waals surface area contributed by atoms with Crippen LogP contribution in [0.3, 0.4) is 0 Å². The fraction of sp³-hybridized carbons (Fsp3) is 0.414. The van der Waals surface area contributed by atoms with Gasteiger partial charge in [0.2, 0.25) is 0 Å². The van der Waals surface area contributed by atoms with Crippen LogP contribution in [-0.4, -0.2) is 86.1 Å². The van der Waals surface area contributed by atoms with Crippen molar-refractivity contribution in [3.63, 3.8) is 0 Å². The Bertz CT molecular complexity index is 1230. The van der Waals surface area contributed by atoms with Crippen LogP contribution in [-0.2, 0) is 9.53 Å². The van der Waals surface area contributed by atoms with Gasteiger partial charge in [0.1, 0.15) is 5.75 Å². The molecule has 0 spiro atoms. The Morgan fingerprint density at radius 3 is 2.34 bits per heavy atom. The third-order valence-corrected chi connectivity index (χ3v) is 7.19. The predicted molar refractivity (Wildman–Crippen MR) is 144 cm³/mol. The third kappa shape index (κ3) is 5.67. The minimum atomic E-state index is -0.606. The molecule has 0 saturated carbocycles. The van der Waals surface area contributed by atoms with E-state index >= 15 is 0 Å². The van der Waals surface area contributed by atoms with E-state index in [4.69, 9.17) is 9.47 Å². The highest BCUT2D eigenvalue weighted by molar-refractivity contribution is 5.95. The number of rotatable bonds is 7. The Morgan fingerprint density at radius 2 is 1.71 bits per heavy atom. The van der Waals surface area contributed by atoms with E-state index in [-0.39, 0.29) is 18.5 Å². The lowest BCUT2D eigenvalue weighted by Gasteiger charge is -2.39.